The largest absolute Gasteiger partial charge is 0.452 e. The molecule has 0 aliphatic carbocycles. The first-order valence-corrected chi connectivity index (χ1v) is 10.6. The number of thioether (sulfide) groups is 1. The van der Waals surface area contributed by atoms with Gasteiger partial charge in [-0.3, -0.25) is 9.59 Å². The van der Waals surface area contributed by atoms with Crippen LogP contribution in [0.15, 0.2) is 59.5 Å². The molecule has 0 unspecified atom stereocenters. The highest BCUT2D eigenvalue weighted by Gasteiger charge is 2.23. The third kappa shape index (κ3) is 6.24. The molecule has 2 aromatic carbocycles. The van der Waals surface area contributed by atoms with Crippen LogP contribution < -0.4 is 10.2 Å². The van der Waals surface area contributed by atoms with Crippen molar-refractivity contribution in [3.05, 3.63) is 54.6 Å². The van der Waals surface area contributed by atoms with Crippen LogP contribution in [-0.2, 0) is 19.1 Å². The fourth-order valence-electron chi connectivity index (χ4n) is 2.90. The highest BCUT2D eigenvalue weighted by molar-refractivity contribution is 8.00. The van der Waals surface area contributed by atoms with E-state index in [4.69, 9.17) is 9.47 Å². The monoisotopic (exact) mass is 414 g/mol. The molecule has 29 heavy (non-hydrogen) atoms. The lowest BCUT2D eigenvalue weighted by Gasteiger charge is -2.29. The van der Waals surface area contributed by atoms with Gasteiger partial charge in [-0.05, 0) is 50.2 Å². The van der Waals surface area contributed by atoms with Gasteiger partial charge < -0.3 is 19.7 Å². The fourth-order valence-corrected chi connectivity index (χ4v) is 3.77. The number of rotatable bonds is 7. The summed E-state index contributed by atoms with van der Waals surface area (Å²) in [5.74, 6) is -0.765. The van der Waals surface area contributed by atoms with Gasteiger partial charge in [-0.2, -0.15) is 0 Å². The van der Waals surface area contributed by atoms with E-state index in [1.807, 2.05) is 54.6 Å². The minimum Gasteiger partial charge on any atom is -0.452 e. The molecule has 1 amide bonds. The molecule has 0 radical (unpaired) electrons. The Hall–Kier alpha value is -2.51. The van der Waals surface area contributed by atoms with E-state index in [2.05, 4.69) is 10.2 Å². The number of morpholine rings is 1. The number of hydrogen-bond acceptors (Lipinski definition) is 6. The minimum absolute atomic E-state index is 0.352. The average Bonchev–Trinajstić information content (AvgIpc) is 2.75. The Morgan fingerprint density at radius 2 is 1.69 bits per heavy atom. The number of anilines is 2. The number of carbonyl (C=O) groups is 2. The molecule has 0 bridgehead atoms. The molecule has 1 saturated heterocycles. The van der Waals surface area contributed by atoms with Crippen molar-refractivity contribution in [2.75, 3.05) is 36.5 Å². The van der Waals surface area contributed by atoms with Crippen LogP contribution in [0, 0.1) is 0 Å². The highest BCUT2D eigenvalue weighted by Crippen LogP contribution is 2.24. The third-order valence-corrected chi connectivity index (χ3v) is 5.65. The molecule has 0 spiro atoms. The lowest BCUT2D eigenvalue weighted by atomic mass is 10.2. The van der Waals surface area contributed by atoms with Crippen LogP contribution in [0.25, 0.3) is 0 Å². The molecule has 1 N–H and O–H groups in total. The summed E-state index contributed by atoms with van der Waals surface area (Å²) in [5, 5.41) is 2.40. The predicted molar refractivity (Wildman–Crippen MR) is 115 cm³/mol. The van der Waals surface area contributed by atoms with Crippen LogP contribution >= 0.6 is 11.8 Å². The van der Waals surface area contributed by atoms with Crippen LogP contribution in [0.1, 0.15) is 13.8 Å². The van der Waals surface area contributed by atoms with Gasteiger partial charge in [0.05, 0.1) is 13.2 Å². The van der Waals surface area contributed by atoms with Gasteiger partial charge in [0.1, 0.15) is 5.25 Å². The van der Waals surface area contributed by atoms with Gasteiger partial charge in [-0.25, -0.2) is 0 Å². The Bertz CT molecular complexity index is 807. The van der Waals surface area contributed by atoms with Crippen LogP contribution in [-0.4, -0.2) is 49.5 Å². The Balaban J connectivity index is 1.48. The third-order valence-electron chi connectivity index (χ3n) is 4.56. The van der Waals surface area contributed by atoms with Crippen molar-refractivity contribution in [2.45, 2.75) is 30.1 Å². The summed E-state index contributed by atoms with van der Waals surface area (Å²) in [5.41, 5.74) is 1.76. The van der Waals surface area contributed by atoms with Crippen LogP contribution in [0.4, 0.5) is 11.4 Å². The molecular formula is C22H26N2O4S. The second-order valence-electron chi connectivity index (χ2n) is 6.79. The number of esters is 1. The van der Waals surface area contributed by atoms with Crippen molar-refractivity contribution in [3.63, 3.8) is 0 Å². The summed E-state index contributed by atoms with van der Waals surface area (Å²) in [6.07, 6.45) is -0.875. The maximum absolute atomic E-state index is 12.4. The molecule has 154 valence electrons. The summed E-state index contributed by atoms with van der Waals surface area (Å²) in [7, 11) is 0. The zero-order chi connectivity index (χ0) is 20.6. The SMILES string of the molecule is C[C@@H](OC(=O)[C@@H](C)Sc1ccccc1)C(=O)Nc1ccc(N2CCOCC2)cc1. The van der Waals surface area contributed by atoms with Crippen LogP contribution in [0.2, 0.25) is 0 Å². The summed E-state index contributed by atoms with van der Waals surface area (Å²) in [4.78, 5) is 27.9. The average molecular weight is 415 g/mol. The van der Waals surface area contributed by atoms with Crippen molar-refractivity contribution in [1.82, 2.24) is 0 Å². The smallest absolute Gasteiger partial charge is 0.319 e. The zero-order valence-electron chi connectivity index (χ0n) is 16.7. The van der Waals surface area contributed by atoms with Crippen molar-refractivity contribution in [2.24, 2.45) is 0 Å². The van der Waals surface area contributed by atoms with E-state index < -0.39 is 17.3 Å². The topological polar surface area (TPSA) is 67.9 Å². The van der Waals surface area contributed by atoms with E-state index >= 15 is 0 Å². The van der Waals surface area contributed by atoms with E-state index in [-0.39, 0.29) is 5.91 Å². The first kappa shape index (κ1) is 21.2. The number of hydrogen-bond donors (Lipinski definition) is 1. The number of amides is 1. The second kappa shape index (κ2) is 10.3. The van der Waals surface area contributed by atoms with Gasteiger partial charge in [0.25, 0.3) is 5.91 Å². The lowest BCUT2D eigenvalue weighted by molar-refractivity contribution is -0.152. The van der Waals surface area contributed by atoms with Crippen LogP contribution in [0.3, 0.4) is 0 Å². The number of ether oxygens (including phenoxy) is 2. The normalized spacial score (nSPS) is 16.0. The molecule has 0 saturated carbocycles. The molecule has 1 aliphatic heterocycles. The Labute approximate surface area is 175 Å². The molecule has 3 rings (SSSR count). The Morgan fingerprint density at radius 3 is 2.34 bits per heavy atom. The second-order valence-corrected chi connectivity index (χ2v) is 8.20. The Morgan fingerprint density at radius 1 is 1.03 bits per heavy atom. The number of benzene rings is 2. The molecule has 2 atom stereocenters. The van der Waals surface area contributed by atoms with Crippen molar-refractivity contribution < 1.29 is 19.1 Å². The number of nitrogens with one attached hydrogen (secondary N) is 1. The molecule has 7 heteroatoms. The molecule has 1 fully saturated rings. The minimum atomic E-state index is -0.875. The number of nitrogens with zero attached hydrogens (tertiary/aromatic N) is 1. The maximum atomic E-state index is 12.4. The van der Waals surface area contributed by atoms with Gasteiger partial charge in [0.15, 0.2) is 6.10 Å². The van der Waals surface area contributed by atoms with E-state index in [0.717, 1.165) is 36.9 Å². The van der Waals surface area contributed by atoms with Crippen molar-refractivity contribution >= 4 is 35.0 Å². The van der Waals surface area contributed by atoms with E-state index in [9.17, 15) is 9.59 Å². The van der Waals surface area contributed by atoms with Gasteiger partial charge in [0.2, 0.25) is 0 Å². The van der Waals surface area contributed by atoms with Gasteiger partial charge in [0, 0.05) is 29.4 Å². The van der Waals surface area contributed by atoms with Gasteiger partial charge in [-0.1, -0.05) is 18.2 Å². The molecule has 1 heterocycles. The summed E-state index contributed by atoms with van der Waals surface area (Å²) >= 11 is 1.40. The van der Waals surface area contributed by atoms with Gasteiger partial charge in [-0.15, -0.1) is 11.8 Å². The van der Waals surface area contributed by atoms with Crippen LogP contribution in [0.5, 0.6) is 0 Å². The summed E-state index contributed by atoms with van der Waals surface area (Å²) in [6, 6.07) is 17.3. The highest BCUT2D eigenvalue weighted by atomic mass is 32.2. The Kier molecular flexibility index (Phi) is 7.55. The van der Waals surface area contributed by atoms with E-state index in [1.54, 1.807) is 13.8 Å². The van der Waals surface area contributed by atoms with E-state index in [0.29, 0.717) is 5.69 Å². The number of carbonyl (C=O) groups excluding carboxylic acids is 2. The first-order valence-electron chi connectivity index (χ1n) is 9.69. The van der Waals surface area contributed by atoms with Crippen molar-refractivity contribution in [1.29, 1.82) is 0 Å². The first-order chi connectivity index (χ1) is 14.0. The van der Waals surface area contributed by atoms with Gasteiger partial charge >= 0.3 is 5.97 Å². The molecule has 6 nitrogen and oxygen atoms in total. The molecule has 1 aliphatic rings. The fraction of sp³-hybridized carbons (Fsp3) is 0.364. The summed E-state index contributed by atoms with van der Waals surface area (Å²) in [6.45, 7) is 6.52. The summed E-state index contributed by atoms with van der Waals surface area (Å²) < 4.78 is 10.7. The predicted octanol–water partition coefficient (Wildman–Crippen LogP) is 3.57. The maximum Gasteiger partial charge on any atom is 0.319 e. The quantitative estimate of drug-likeness (QED) is 0.552. The molecule has 0 aromatic heterocycles. The molecular weight excluding hydrogens is 388 g/mol. The van der Waals surface area contributed by atoms with Crippen molar-refractivity contribution in [3.8, 4) is 0 Å². The standard InChI is InChI=1S/C22H26N2O4S/c1-16(28-22(26)17(2)29-20-6-4-3-5-7-20)21(25)23-18-8-10-19(11-9-18)24-12-14-27-15-13-24/h3-11,16-17H,12-15H2,1-2H3,(H,23,25)/t16-,17-/m1/s1. The lowest BCUT2D eigenvalue weighted by Crippen LogP contribution is -2.36. The molecule has 2 aromatic rings. The zero-order valence-corrected chi connectivity index (χ0v) is 17.5. The van der Waals surface area contributed by atoms with E-state index in [1.165, 1.54) is 11.8 Å².